The SMILES string of the molecule is CCCCCCCCCSc1cccc(CO)c1. The Kier molecular flexibility index (Phi) is 9.05. The van der Waals surface area contributed by atoms with Gasteiger partial charge in [-0.25, -0.2) is 0 Å². The molecule has 1 nitrogen and oxygen atoms in total. The van der Waals surface area contributed by atoms with E-state index in [0.717, 1.165) is 5.56 Å². The molecule has 0 aliphatic heterocycles. The van der Waals surface area contributed by atoms with Crippen LogP contribution in [0.5, 0.6) is 0 Å². The first-order valence-electron chi connectivity index (χ1n) is 7.19. The maximum Gasteiger partial charge on any atom is 0.0682 e. The normalized spacial score (nSPS) is 10.8. The Bertz CT molecular complexity index is 312. The average Bonchev–Trinajstić information content (AvgIpc) is 2.42. The number of rotatable bonds is 10. The molecule has 102 valence electrons. The van der Waals surface area contributed by atoms with Crippen molar-refractivity contribution in [1.29, 1.82) is 0 Å². The Labute approximate surface area is 116 Å². The molecule has 0 radical (unpaired) electrons. The van der Waals surface area contributed by atoms with Crippen LogP contribution in [-0.2, 0) is 6.61 Å². The number of aliphatic hydroxyl groups excluding tert-OH is 1. The predicted octanol–water partition coefficient (Wildman–Crippen LogP) is 5.02. The molecule has 0 bridgehead atoms. The van der Waals surface area contributed by atoms with Gasteiger partial charge in [0.15, 0.2) is 0 Å². The average molecular weight is 266 g/mol. The van der Waals surface area contributed by atoms with Crippen LogP contribution in [-0.4, -0.2) is 10.9 Å². The molecule has 1 rings (SSSR count). The van der Waals surface area contributed by atoms with E-state index in [1.54, 1.807) is 0 Å². The summed E-state index contributed by atoms with van der Waals surface area (Å²) in [6.07, 6.45) is 9.58. The van der Waals surface area contributed by atoms with Crippen LogP contribution in [0.25, 0.3) is 0 Å². The van der Waals surface area contributed by atoms with E-state index in [2.05, 4.69) is 19.1 Å². The van der Waals surface area contributed by atoms with E-state index in [0.29, 0.717) is 0 Å². The molecule has 0 saturated carbocycles. The molecule has 0 amide bonds. The summed E-state index contributed by atoms with van der Waals surface area (Å²) in [6.45, 7) is 2.41. The number of aliphatic hydroxyl groups is 1. The second kappa shape index (κ2) is 10.5. The first kappa shape index (κ1) is 15.6. The summed E-state index contributed by atoms with van der Waals surface area (Å²) in [5.41, 5.74) is 1.01. The lowest BCUT2D eigenvalue weighted by Crippen LogP contribution is -1.85. The zero-order valence-electron chi connectivity index (χ0n) is 11.5. The van der Waals surface area contributed by atoms with Gasteiger partial charge in [-0.2, -0.15) is 0 Å². The zero-order valence-corrected chi connectivity index (χ0v) is 12.3. The van der Waals surface area contributed by atoms with Gasteiger partial charge in [0, 0.05) is 4.90 Å². The van der Waals surface area contributed by atoms with E-state index in [9.17, 15) is 0 Å². The quantitative estimate of drug-likeness (QED) is 0.474. The minimum absolute atomic E-state index is 0.145. The van der Waals surface area contributed by atoms with E-state index in [1.165, 1.54) is 55.6 Å². The highest BCUT2D eigenvalue weighted by Crippen LogP contribution is 2.21. The van der Waals surface area contributed by atoms with Crippen molar-refractivity contribution in [2.24, 2.45) is 0 Å². The van der Waals surface area contributed by atoms with Crippen LogP contribution in [0.2, 0.25) is 0 Å². The molecule has 0 fully saturated rings. The van der Waals surface area contributed by atoms with Crippen molar-refractivity contribution in [1.82, 2.24) is 0 Å². The second-order valence-corrected chi connectivity index (χ2v) is 5.94. The maximum absolute atomic E-state index is 9.07. The van der Waals surface area contributed by atoms with Gasteiger partial charge in [0.25, 0.3) is 0 Å². The summed E-state index contributed by atoms with van der Waals surface area (Å²) in [7, 11) is 0. The number of unbranched alkanes of at least 4 members (excludes halogenated alkanes) is 6. The van der Waals surface area contributed by atoms with Gasteiger partial charge in [0.05, 0.1) is 6.61 Å². The summed E-state index contributed by atoms with van der Waals surface area (Å²) < 4.78 is 0. The highest BCUT2D eigenvalue weighted by Gasteiger charge is 1.96. The van der Waals surface area contributed by atoms with Crippen molar-refractivity contribution in [2.45, 2.75) is 63.4 Å². The van der Waals surface area contributed by atoms with Crippen molar-refractivity contribution >= 4 is 11.8 Å². The van der Waals surface area contributed by atoms with E-state index >= 15 is 0 Å². The molecule has 1 aromatic carbocycles. The number of hydrogen-bond acceptors (Lipinski definition) is 2. The van der Waals surface area contributed by atoms with Crippen molar-refractivity contribution < 1.29 is 5.11 Å². The Morgan fingerprint density at radius 2 is 1.72 bits per heavy atom. The van der Waals surface area contributed by atoms with Gasteiger partial charge in [-0.1, -0.05) is 57.6 Å². The van der Waals surface area contributed by atoms with Gasteiger partial charge in [-0.05, 0) is 29.9 Å². The molecule has 1 aromatic rings. The fourth-order valence-electron chi connectivity index (χ4n) is 1.98. The molecule has 0 aliphatic rings. The Hall–Kier alpha value is -0.470. The van der Waals surface area contributed by atoms with Gasteiger partial charge >= 0.3 is 0 Å². The highest BCUT2D eigenvalue weighted by atomic mass is 32.2. The lowest BCUT2D eigenvalue weighted by Gasteiger charge is -2.04. The van der Waals surface area contributed by atoms with Crippen LogP contribution in [0.1, 0.15) is 57.4 Å². The van der Waals surface area contributed by atoms with E-state index in [1.807, 2.05) is 23.9 Å². The van der Waals surface area contributed by atoms with Crippen molar-refractivity contribution in [3.8, 4) is 0 Å². The van der Waals surface area contributed by atoms with Gasteiger partial charge in [-0.3, -0.25) is 0 Å². The van der Waals surface area contributed by atoms with Gasteiger partial charge in [0.2, 0.25) is 0 Å². The molecule has 0 unspecified atom stereocenters. The highest BCUT2D eigenvalue weighted by molar-refractivity contribution is 7.99. The van der Waals surface area contributed by atoms with Crippen LogP contribution in [0.4, 0.5) is 0 Å². The Morgan fingerprint density at radius 1 is 1.00 bits per heavy atom. The van der Waals surface area contributed by atoms with Crippen LogP contribution in [0.3, 0.4) is 0 Å². The summed E-state index contributed by atoms with van der Waals surface area (Å²) in [6, 6.07) is 8.22. The van der Waals surface area contributed by atoms with Crippen LogP contribution in [0, 0.1) is 0 Å². The van der Waals surface area contributed by atoms with Crippen LogP contribution < -0.4 is 0 Å². The lowest BCUT2D eigenvalue weighted by atomic mass is 10.1. The molecule has 0 atom stereocenters. The molecule has 0 saturated heterocycles. The lowest BCUT2D eigenvalue weighted by molar-refractivity contribution is 0.281. The minimum Gasteiger partial charge on any atom is -0.392 e. The monoisotopic (exact) mass is 266 g/mol. The Morgan fingerprint density at radius 3 is 2.44 bits per heavy atom. The molecule has 2 heteroatoms. The third-order valence-corrected chi connectivity index (χ3v) is 4.18. The van der Waals surface area contributed by atoms with Gasteiger partial charge < -0.3 is 5.11 Å². The molecule has 1 N–H and O–H groups in total. The van der Waals surface area contributed by atoms with Gasteiger partial charge in [-0.15, -0.1) is 11.8 Å². The van der Waals surface area contributed by atoms with Gasteiger partial charge in [0.1, 0.15) is 0 Å². The summed E-state index contributed by atoms with van der Waals surface area (Å²) in [4.78, 5) is 1.28. The molecule has 18 heavy (non-hydrogen) atoms. The molecule has 0 spiro atoms. The molecule has 0 heterocycles. The van der Waals surface area contributed by atoms with E-state index < -0.39 is 0 Å². The summed E-state index contributed by atoms with van der Waals surface area (Å²) in [5.74, 6) is 1.20. The smallest absolute Gasteiger partial charge is 0.0682 e. The molecule has 0 aliphatic carbocycles. The molecular weight excluding hydrogens is 240 g/mol. The standard InChI is InChI=1S/C16H26OS/c1-2-3-4-5-6-7-8-12-18-16-11-9-10-15(13-16)14-17/h9-11,13,17H,2-8,12,14H2,1H3. The fourth-order valence-corrected chi connectivity index (χ4v) is 2.98. The number of benzene rings is 1. The predicted molar refractivity (Wildman–Crippen MR) is 81.1 cm³/mol. The fraction of sp³-hybridized carbons (Fsp3) is 0.625. The first-order chi connectivity index (χ1) is 8.86. The third-order valence-electron chi connectivity index (χ3n) is 3.10. The first-order valence-corrected chi connectivity index (χ1v) is 8.18. The van der Waals surface area contributed by atoms with Crippen molar-refractivity contribution in [3.63, 3.8) is 0 Å². The summed E-state index contributed by atoms with van der Waals surface area (Å²) >= 11 is 1.91. The van der Waals surface area contributed by atoms with E-state index in [4.69, 9.17) is 5.11 Å². The van der Waals surface area contributed by atoms with Crippen LogP contribution in [0.15, 0.2) is 29.2 Å². The maximum atomic E-state index is 9.07. The summed E-state index contributed by atoms with van der Waals surface area (Å²) in [5, 5.41) is 9.07. The largest absolute Gasteiger partial charge is 0.392 e. The van der Waals surface area contributed by atoms with E-state index in [-0.39, 0.29) is 6.61 Å². The number of thioether (sulfide) groups is 1. The van der Waals surface area contributed by atoms with Crippen LogP contribution >= 0.6 is 11.8 Å². The molecule has 0 aromatic heterocycles. The Balaban J connectivity index is 2.03. The topological polar surface area (TPSA) is 20.2 Å². The third kappa shape index (κ3) is 7.07. The van der Waals surface area contributed by atoms with Crippen molar-refractivity contribution in [3.05, 3.63) is 29.8 Å². The second-order valence-electron chi connectivity index (χ2n) is 4.78. The van der Waals surface area contributed by atoms with Crippen molar-refractivity contribution in [2.75, 3.05) is 5.75 Å². The zero-order chi connectivity index (χ0) is 13.1. The molecular formula is C16H26OS. The number of hydrogen-bond donors (Lipinski definition) is 1. The minimum atomic E-state index is 0.145.